The molecular weight excluding hydrogens is 244 g/mol. The van der Waals surface area contributed by atoms with Crippen molar-refractivity contribution in [2.75, 3.05) is 7.11 Å². The molecule has 1 heterocycles. The molecule has 0 aliphatic heterocycles. The van der Waals surface area contributed by atoms with Crippen LogP contribution in [0.15, 0.2) is 29.1 Å². The zero-order valence-corrected chi connectivity index (χ0v) is 11.2. The van der Waals surface area contributed by atoms with Crippen LogP contribution < -0.4 is 5.56 Å². The molecule has 2 rings (SSSR count). The molecule has 0 saturated carbocycles. The fourth-order valence-electron chi connectivity index (χ4n) is 2.07. The first kappa shape index (κ1) is 13.1. The van der Waals surface area contributed by atoms with Crippen molar-refractivity contribution in [1.29, 1.82) is 0 Å². The molecule has 0 fully saturated rings. The van der Waals surface area contributed by atoms with E-state index < -0.39 is 5.97 Å². The van der Waals surface area contributed by atoms with E-state index in [1.807, 2.05) is 13.8 Å². The second-order valence-electron chi connectivity index (χ2n) is 4.25. The van der Waals surface area contributed by atoms with Crippen LogP contribution in [-0.4, -0.2) is 22.9 Å². The minimum Gasteiger partial charge on any atom is -0.465 e. The number of aryl methyl sites for hydroxylation is 1. The number of hydrogen-bond acceptors (Lipinski definition) is 3. The first-order valence-corrected chi connectivity index (χ1v) is 6.07. The minimum absolute atomic E-state index is 0.0815. The molecule has 0 unspecified atom stereocenters. The van der Waals surface area contributed by atoms with Crippen LogP contribution in [0.3, 0.4) is 0 Å². The van der Waals surface area contributed by atoms with E-state index in [0.29, 0.717) is 17.7 Å². The monoisotopic (exact) mass is 260 g/mol. The van der Waals surface area contributed by atoms with E-state index >= 15 is 0 Å². The van der Waals surface area contributed by atoms with Crippen LogP contribution in [0.5, 0.6) is 0 Å². The Kier molecular flexibility index (Phi) is 3.55. The number of hydrogen-bond donors (Lipinski definition) is 1. The number of carbonyl (C=O) groups is 1. The molecule has 1 aromatic carbocycles. The molecule has 0 spiro atoms. The van der Waals surface area contributed by atoms with E-state index in [9.17, 15) is 9.59 Å². The van der Waals surface area contributed by atoms with Gasteiger partial charge < -0.3 is 4.74 Å². The number of ether oxygens (including phenoxy) is 1. The van der Waals surface area contributed by atoms with E-state index in [4.69, 9.17) is 0 Å². The summed E-state index contributed by atoms with van der Waals surface area (Å²) in [6.45, 7) is 3.80. The van der Waals surface area contributed by atoms with Crippen molar-refractivity contribution >= 4 is 5.97 Å². The van der Waals surface area contributed by atoms with Gasteiger partial charge in [0.05, 0.1) is 18.4 Å². The van der Waals surface area contributed by atoms with Gasteiger partial charge in [0, 0.05) is 11.3 Å². The van der Waals surface area contributed by atoms with Crippen molar-refractivity contribution in [3.05, 3.63) is 51.4 Å². The van der Waals surface area contributed by atoms with Crippen LogP contribution in [0.25, 0.3) is 5.69 Å². The normalized spacial score (nSPS) is 10.5. The fourth-order valence-corrected chi connectivity index (χ4v) is 2.07. The lowest BCUT2D eigenvalue weighted by Gasteiger charge is -2.04. The maximum absolute atomic E-state index is 12.2. The summed E-state index contributed by atoms with van der Waals surface area (Å²) in [7, 11) is 1.33. The number of benzene rings is 1. The number of aromatic amines is 1. The van der Waals surface area contributed by atoms with Crippen LogP contribution in [-0.2, 0) is 11.2 Å². The molecule has 5 heteroatoms. The Morgan fingerprint density at radius 3 is 2.74 bits per heavy atom. The highest BCUT2D eigenvalue weighted by Gasteiger charge is 2.12. The third-order valence-corrected chi connectivity index (χ3v) is 3.07. The quantitative estimate of drug-likeness (QED) is 0.856. The van der Waals surface area contributed by atoms with Crippen molar-refractivity contribution in [1.82, 2.24) is 9.78 Å². The molecule has 0 bridgehead atoms. The van der Waals surface area contributed by atoms with Crippen LogP contribution in [0, 0.1) is 6.92 Å². The van der Waals surface area contributed by atoms with E-state index in [2.05, 4.69) is 9.84 Å². The number of methoxy groups -OCH3 is 1. The van der Waals surface area contributed by atoms with E-state index in [1.54, 1.807) is 24.3 Å². The molecule has 1 N–H and O–H groups in total. The van der Waals surface area contributed by atoms with Gasteiger partial charge in [-0.2, -0.15) is 0 Å². The first-order chi connectivity index (χ1) is 9.08. The third-order valence-electron chi connectivity index (χ3n) is 3.07. The average molecular weight is 260 g/mol. The zero-order valence-electron chi connectivity index (χ0n) is 11.2. The summed E-state index contributed by atoms with van der Waals surface area (Å²) in [6.07, 6.45) is 0.671. The third kappa shape index (κ3) is 2.31. The topological polar surface area (TPSA) is 64.1 Å². The summed E-state index contributed by atoms with van der Waals surface area (Å²) in [5.74, 6) is -0.422. The summed E-state index contributed by atoms with van der Waals surface area (Å²) in [5, 5.41) is 3.02. The molecule has 2 aromatic rings. The van der Waals surface area contributed by atoms with Crippen LogP contribution in [0.1, 0.15) is 28.5 Å². The summed E-state index contributed by atoms with van der Waals surface area (Å²) in [6, 6.07) is 6.76. The standard InChI is InChI=1S/C14H16N2O3/c1-4-12-9(2)15-16(13(12)17)11-7-5-6-10(8-11)14(18)19-3/h5-8,15H,4H2,1-3H3. The van der Waals surface area contributed by atoms with Gasteiger partial charge in [-0.15, -0.1) is 0 Å². The minimum atomic E-state index is -0.422. The fraction of sp³-hybridized carbons (Fsp3) is 0.286. The Morgan fingerprint density at radius 2 is 2.16 bits per heavy atom. The Balaban J connectivity index is 2.54. The Labute approximate surface area is 110 Å². The molecule has 1 aromatic heterocycles. The number of nitrogens with zero attached hydrogens (tertiary/aromatic N) is 1. The predicted octanol–water partition coefficient (Wildman–Crippen LogP) is 1.82. The lowest BCUT2D eigenvalue weighted by atomic mass is 10.2. The molecular formula is C14H16N2O3. The van der Waals surface area contributed by atoms with E-state index in [-0.39, 0.29) is 5.56 Å². The van der Waals surface area contributed by atoms with Crippen LogP contribution in [0.4, 0.5) is 0 Å². The number of esters is 1. The van der Waals surface area contributed by atoms with E-state index in [1.165, 1.54) is 11.8 Å². The maximum atomic E-state index is 12.2. The Hall–Kier alpha value is -2.30. The van der Waals surface area contributed by atoms with Gasteiger partial charge in [-0.1, -0.05) is 13.0 Å². The summed E-state index contributed by atoms with van der Waals surface area (Å²) >= 11 is 0. The Bertz CT molecular complexity index is 668. The molecule has 5 nitrogen and oxygen atoms in total. The summed E-state index contributed by atoms with van der Waals surface area (Å²) < 4.78 is 6.12. The molecule has 0 aliphatic carbocycles. The molecule has 0 radical (unpaired) electrons. The highest BCUT2D eigenvalue weighted by atomic mass is 16.5. The van der Waals surface area contributed by atoms with Crippen LogP contribution in [0.2, 0.25) is 0 Å². The van der Waals surface area contributed by atoms with Gasteiger partial charge in [-0.3, -0.25) is 9.89 Å². The molecule has 0 atom stereocenters. The van der Waals surface area contributed by atoms with Gasteiger partial charge >= 0.3 is 5.97 Å². The van der Waals surface area contributed by atoms with Gasteiger partial charge in [-0.05, 0) is 31.5 Å². The Morgan fingerprint density at radius 1 is 1.42 bits per heavy atom. The second-order valence-corrected chi connectivity index (χ2v) is 4.25. The summed E-state index contributed by atoms with van der Waals surface area (Å²) in [4.78, 5) is 23.7. The van der Waals surface area contributed by atoms with Crippen molar-refractivity contribution < 1.29 is 9.53 Å². The second kappa shape index (κ2) is 5.14. The number of H-pyrrole nitrogens is 1. The van der Waals surface area contributed by atoms with Gasteiger partial charge in [0.2, 0.25) is 0 Å². The lowest BCUT2D eigenvalue weighted by Crippen LogP contribution is -2.17. The first-order valence-electron chi connectivity index (χ1n) is 6.07. The average Bonchev–Trinajstić information content (AvgIpc) is 2.72. The highest BCUT2D eigenvalue weighted by molar-refractivity contribution is 5.89. The number of aromatic nitrogens is 2. The maximum Gasteiger partial charge on any atom is 0.337 e. The molecule has 0 saturated heterocycles. The SMILES string of the molecule is CCc1c(C)[nH]n(-c2cccc(C(=O)OC)c2)c1=O. The smallest absolute Gasteiger partial charge is 0.337 e. The van der Waals surface area contributed by atoms with Crippen molar-refractivity contribution in [3.8, 4) is 5.69 Å². The van der Waals surface area contributed by atoms with Gasteiger partial charge in [-0.25, -0.2) is 9.48 Å². The number of carbonyl (C=O) groups excluding carboxylic acids is 1. The number of rotatable bonds is 3. The predicted molar refractivity (Wildman–Crippen MR) is 71.8 cm³/mol. The van der Waals surface area contributed by atoms with E-state index in [0.717, 1.165) is 11.3 Å². The van der Waals surface area contributed by atoms with Gasteiger partial charge in [0.15, 0.2) is 0 Å². The number of nitrogens with one attached hydrogen (secondary N) is 1. The summed E-state index contributed by atoms with van der Waals surface area (Å²) in [5.41, 5.74) is 2.55. The molecule has 100 valence electrons. The van der Waals surface area contributed by atoms with Crippen molar-refractivity contribution in [3.63, 3.8) is 0 Å². The van der Waals surface area contributed by atoms with Crippen molar-refractivity contribution in [2.24, 2.45) is 0 Å². The van der Waals surface area contributed by atoms with Crippen LogP contribution >= 0.6 is 0 Å². The highest BCUT2D eigenvalue weighted by Crippen LogP contribution is 2.11. The zero-order chi connectivity index (χ0) is 14.0. The molecule has 0 aliphatic rings. The lowest BCUT2D eigenvalue weighted by molar-refractivity contribution is 0.0600. The van der Waals surface area contributed by atoms with Crippen molar-refractivity contribution in [2.45, 2.75) is 20.3 Å². The molecule has 0 amide bonds. The van der Waals surface area contributed by atoms with Gasteiger partial charge in [0.1, 0.15) is 0 Å². The van der Waals surface area contributed by atoms with Gasteiger partial charge in [0.25, 0.3) is 5.56 Å². The molecule has 19 heavy (non-hydrogen) atoms. The largest absolute Gasteiger partial charge is 0.465 e.